The molecule has 0 bridgehead atoms. The fraction of sp³-hybridized carbons (Fsp3) is 0.364. The van der Waals surface area contributed by atoms with Gasteiger partial charge in [-0.1, -0.05) is 38.1 Å². The van der Waals surface area contributed by atoms with Crippen LogP contribution >= 0.6 is 0 Å². The highest BCUT2D eigenvalue weighted by atomic mass is 16.5. The normalized spacial score (nSPS) is 30.0. The molecule has 1 aromatic carbocycles. The van der Waals surface area contributed by atoms with Crippen molar-refractivity contribution in [3.05, 3.63) is 70.5 Å². The standard InChI is InChI=1S/C22H22O4/c1-13-17-12-22(3)14(2)18(25-21(24)15-7-5-4-6-8-15)10-9-16(22)11-19(17)26-20(13)23/h4-9,11,14,18H,10,12H2,1-3H3. The van der Waals surface area contributed by atoms with E-state index in [1.54, 1.807) is 12.1 Å². The average molecular weight is 350 g/mol. The maximum absolute atomic E-state index is 12.5. The van der Waals surface area contributed by atoms with E-state index in [0.29, 0.717) is 23.3 Å². The fourth-order valence-electron chi connectivity index (χ4n) is 4.16. The molecule has 0 aromatic heterocycles. The zero-order chi connectivity index (χ0) is 18.5. The van der Waals surface area contributed by atoms with Crippen LogP contribution in [0.1, 0.15) is 44.0 Å². The third-order valence-electron chi connectivity index (χ3n) is 6.15. The molecule has 3 unspecified atom stereocenters. The van der Waals surface area contributed by atoms with Gasteiger partial charge in [-0.25, -0.2) is 9.59 Å². The molecule has 2 aliphatic carbocycles. The zero-order valence-electron chi connectivity index (χ0n) is 15.2. The van der Waals surface area contributed by atoms with Crippen molar-refractivity contribution in [1.29, 1.82) is 0 Å². The first-order valence-electron chi connectivity index (χ1n) is 9.01. The van der Waals surface area contributed by atoms with Gasteiger partial charge in [0.2, 0.25) is 0 Å². The highest BCUT2D eigenvalue weighted by Gasteiger charge is 2.48. The first kappa shape index (κ1) is 16.8. The lowest BCUT2D eigenvalue weighted by molar-refractivity contribution is -0.133. The van der Waals surface area contributed by atoms with Gasteiger partial charge in [-0.2, -0.15) is 0 Å². The summed E-state index contributed by atoms with van der Waals surface area (Å²) in [4.78, 5) is 24.4. The van der Waals surface area contributed by atoms with Gasteiger partial charge in [0.25, 0.3) is 0 Å². The van der Waals surface area contributed by atoms with Gasteiger partial charge in [0.05, 0.1) is 5.56 Å². The number of carbonyl (C=O) groups excluding carboxylic acids is 2. The number of hydrogen-bond donors (Lipinski definition) is 0. The van der Waals surface area contributed by atoms with E-state index in [-0.39, 0.29) is 29.4 Å². The second-order valence-corrected chi connectivity index (χ2v) is 7.59. The molecule has 4 rings (SSSR count). The summed E-state index contributed by atoms with van der Waals surface area (Å²) in [5, 5.41) is 0. The van der Waals surface area contributed by atoms with Crippen molar-refractivity contribution < 1.29 is 19.1 Å². The summed E-state index contributed by atoms with van der Waals surface area (Å²) < 4.78 is 11.2. The number of carbonyl (C=O) groups is 2. The van der Waals surface area contributed by atoms with E-state index >= 15 is 0 Å². The van der Waals surface area contributed by atoms with Crippen molar-refractivity contribution in [2.24, 2.45) is 11.3 Å². The average Bonchev–Trinajstić information content (AvgIpc) is 2.91. The molecule has 4 heteroatoms. The van der Waals surface area contributed by atoms with Gasteiger partial charge in [0.15, 0.2) is 0 Å². The Morgan fingerprint density at radius 1 is 1.27 bits per heavy atom. The summed E-state index contributed by atoms with van der Waals surface area (Å²) in [6.45, 7) is 6.13. The Kier molecular flexibility index (Phi) is 3.87. The molecule has 134 valence electrons. The van der Waals surface area contributed by atoms with Crippen LogP contribution in [0.15, 0.2) is 65.0 Å². The van der Waals surface area contributed by atoms with Crippen molar-refractivity contribution in [2.75, 3.05) is 0 Å². The Morgan fingerprint density at radius 3 is 2.73 bits per heavy atom. The topological polar surface area (TPSA) is 52.6 Å². The van der Waals surface area contributed by atoms with E-state index < -0.39 is 0 Å². The molecule has 3 aliphatic rings. The predicted octanol–water partition coefficient (Wildman–Crippen LogP) is 4.35. The Labute approximate surface area is 153 Å². The van der Waals surface area contributed by atoms with Crippen molar-refractivity contribution in [3.63, 3.8) is 0 Å². The lowest BCUT2D eigenvalue weighted by Crippen LogP contribution is -2.42. The molecule has 1 aromatic rings. The van der Waals surface area contributed by atoms with Gasteiger partial charge in [-0.3, -0.25) is 0 Å². The SMILES string of the molecule is CC1=C2CC3(C)C(=CCC(OC(=O)c4ccccc4)C3C)C=C2OC1=O. The van der Waals surface area contributed by atoms with E-state index in [0.717, 1.165) is 12.0 Å². The number of hydrogen-bond acceptors (Lipinski definition) is 4. The highest BCUT2D eigenvalue weighted by molar-refractivity contribution is 5.94. The van der Waals surface area contributed by atoms with Crippen LogP contribution in [0.25, 0.3) is 0 Å². The van der Waals surface area contributed by atoms with Crippen molar-refractivity contribution in [2.45, 2.75) is 39.7 Å². The van der Waals surface area contributed by atoms with Crippen molar-refractivity contribution in [3.8, 4) is 0 Å². The van der Waals surface area contributed by atoms with Crippen LogP contribution in [0.5, 0.6) is 0 Å². The highest BCUT2D eigenvalue weighted by Crippen LogP contribution is 2.53. The number of benzene rings is 1. The first-order chi connectivity index (χ1) is 12.4. The number of esters is 2. The van der Waals surface area contributed by atoms with Gasteiger partial charge in [0.1, 0.15) is 11.9 Å². The minimum Gasteiger partial charge on any atom is -0.458 e. The molecule has 26 heavy (non-hydrogen) atoms. The molecular weight excluding hydrogens is 328 g/mol. The van der Waals surface area contributed by atoms with Crippen LogP contribution < -0.4 is 0 Å². The quantitative estimate of drug-likeness (QED) is 0.744. The molecule has 0 amide bonds. The van der Waals surface area contributed by atoms with Gasteiger partial charge >= 0.3 is 11.9 Å². The minimum atomic E-state index is -0.287. The summed E-state index contributed by atoms with van der Waals surface area (Å²) in [6, 6.07) is 9.08. The molecule has 0 spiro atoms. The molecule has 0 radical (unpaired) electrons. The molecule has 1 aliphatic heterocycles. The first-order valence-corrected chi connectivity index (χ1v) is 9.01. The molecule has 0 N–H and O–H groups in total. The molecule has 0 saturated heterocycles. The molecule has 1 heterocycles. The Morgan fingerprint density at radius 2 is 2.00 bits per heavy atom. The molecule has 4 nitrogen and oxygen atoms in total. The Balaban J connectivity index is 1.61. The number of rotatable bonds is 2. The van der Waals surface area contributed by atoms with E-state index in [4.69, 9.17) is 9.47 Å². The van der Waals surface area contributed by atoms with Crippen LogP contribution in [0.2, 0.25) is 0 Å². The summed E-state index contributed by atoms with van der Waals surface area (Å²) in [6.07, 6.45) is 5.31. The summed E-state index contributed by atoms with van der Waals surface area (Å²) >= 11 is 0. The van der Waals surface area contributed by atoms with Crippen LogP contribution in [-0.4, -0.2) is 18.0 Å². The van der Waals surface area contributed by atoms with E-state index in [1.165, 1.54) is 5.57 Å². The van der Waals surface area contributed by atoms with Crippen LogP contribution in [-0.2, 0) is 14.3 Å². The number of allylic oxidation sites excluding steroid dienone is 3. The fourth-order valence-corrected chi connectivity index (χ4v) is 4.16. The Hall–Kier alpha value is -2.62. The lowest BCUT2D eigenvalue weighted by atomic mass is 9.60. The Bertz CT molecular complexity index is 875. The zero-order valence-corrected chi connectivity index (χ0v) is 15.2. The molecular formula is C22H22O4. The van der Waals surface area contributed by atoms with Crippen molar-refractivity contribution in [1.82, 2.24) is 0 Å². The van der Waals surface area contributed by atoms with E-state index in [1.807, 2.05) is 31.2 Å². The maximum Gasteiger partial charge on any atom is 0.339 e. The molecule has 0 fully saturated rings. The molecule has 3 atom stereocenters. The van der Waals surface area contributed by atoms with E-state index in [9.17, 15) is 9.59 Å². The van der Waals surface area contributed by atoms with E-state index in [2.05, 4.69) is 19.9 Å². The third kappa shape index (κ3) is 2.52. The monoisotopic (exact) mass is 350 g/mol. The second kappa shape index (κ2) is 5.97. The lowest BCUT2D eigenvalue weighted by Gasteiger charge is -2.46. The summed E-state index contributed by atoms with van der Waals surface area (Å²) in [5.41, 5.74) is 3.22. The molecule has 0 saturated carbocycles. The van der Waals surface area contributed by atoms with Crippen LogP contribution in [0, 0.1) is 11.3 Å². The largest absolute Gasteiger partial charge is 0.458 e. The number of fused-ring (bicyclic) bond motifs is 2. The summed E-state index contributed by atoms with van der Waals surface area (Å²) in [7, 11) is 0. The van der Waals surface area contributed by atoms with Crippen LogP contribution in [0.4, 0.5) is 0 Å². The predicted molar refractivity (Wildman–Crippen MR) is 97.1 cm³/mol. The van der Waals surface area contributed by atoms with Gasteiger partial charge in [-0.05, 0) is 37.1 Å². The second-order valence-electron chi connectivity index (χ2n) is 7.59. The summed E-state index contributed by atoms with van der Waals surface area (Å²) in [5.74, 6) is 0.269. The number of ether oxygens (including phenoxy) is 2. The smallest absolute Gasteiger partial charge is 0.339 e. The van der Waals surface area contributed by atoms with Crippen molar-refractivity contribution >= 4 is 11.9 Å². The maximum atomic E-state index is 12.5. The minimum absolute atomic E-state index is 0.129. The van der Waals surface area contributed by atoms with Gasteiger partial charge in [0, 0.05) is 28.9 Å². The van der Waals surface area contributed by atoms with Gasteiger partial charge < -0.3 is 9.47 Å². The third-order valence-corrected chi connectivity index (χ3v) is 6.15. The van der Waals surface area contributed by atoms with Crippen LogP contribution in [0.3, 0.4) is 0 Å². The van der Waals surface area contributed by atoms with Gasteiger partial charge in [-0.15, -0.1) is 0 Å².